The molecule has 0 spiro atoms. The van der Waals surface area contributed by atoms with Crippen molar-refractivity contribution < 1.29 is 4.79 Å². The first kappa shape index (κ1) is 14.5. The number of hydrogen-bond acceptors (Lipinski definition) is 1. The average molecular weight is 382 g/mol. The van der Waals surface area contributed by atoms with Gasteiger partial charge in [-0.15, -0.1) is 0 Å². The van der Waals surface area contributed by atoms with E-state index in [0.29, 0.717) is 6.42 Å². The predicted octanol–water partition coefficient (Wildman–Crippen LogP) is 5.25. The lowest BCUT2D eigenvalue weighted by Gasteiger charge is -2.06. The zero-order chi connectivity index (χ0) is 14.0. The van der Waals surface area contributed by atoms with Gasteiger partial charge in [-0.25, -0.2) is 0 Å². The van der Waals surface area contributed by atoms with Gasteiger partial charge in [0.1, 0.15) is 0 Å². The number of halogens is 2. The van der Waals surface area contributed by atoms with Gasteiger partial charge in [-0.2, -0.15) is 0 Å². The molecule has 0 bridgehead atoms. The van der Waals surface area contributed by atoms with Crippen LogP contribution in [0.15, 0.2) is 45.3 Å². The second-order valence-electron chi connectivity index (χ2n) is 4.72. The topological polar surface area (TPSA) is 17.1 Å². The first-order chi connectivity index (χ1) is 8.95. The minimum Gasteiger partial charge on any atom is -0.294 e. The summed E-state index contributed by atoms with van der Waals surface area (Å²) < 4.78 is 1.79. The van der Waals surface area contributed by atoms with Crippen LogP contribution in [0.3, 0.4) is 0 Å². The molecule has 0 unspecified atom stereocenters. The lowest BCUT2D eigenvalue weighted by molar-refractivity contribution is 0.0992. The number of aryl methyl sites for hydroxylation is 2. The predicted molar refractivity (Wildman–Crippen MR) is 85.8 cm³/mol. The average Bonchev–Trinajstić information content (AvgIpc) is 2.26. The maximum atomic E-state index is 12.3. The van der Waals surface area contributed by atoms with Gasteiger partial charge in [-0.3, -0.25) is 4.79 Å². The number of rotatable bonds is 3. The molecule has 0 heterocycles. The number of benzene rings is 2. The summed E-state index contributed by atoms with van der Waals surface area (Å²) >= 11 is 6.83. The molecular weight excluding hydrogens is 368 g/mol. The van der Waals surface area contributed by atoms with E-state index in [4.69, 9.17) is 0 Å². The fourth-order valence-corrected chi connectivity index (χ4v) is 3.44. The van der Waals surface area contributed by atoms with E-state index < -0.39 is 0 Å². The van der Waals surface area contributed by atoms with Crippen molar-refractivity contribution in [3.8, 4) is 0 Å². The molecule has 0 aliphatic carbocycles. The highest BCUT2D eigenvalue weighted by atomic mass is 79.9. The number of carbonyl (C=O) groups excluding carboxylic acids is 1. The molecule has 0 atom stereocenters. The minimum atomic E-state index is 0.129. The fourth-order valence-electron chi connectivity index (χ4n) is 2.17. The molecule has 0 radical (unpaired) electrons. The van der Waals surface area contributed by atoms with Gasteiger partial charge in [0.25, 0.3) is 0 Å². The molecular formula is C16H14Br2O. The minimum absolute atomic E-state index is 0.129. The first-order valence-electron chi connectivity index (χ1n) is 6.01. The van der Waals surface area contributed by atoms with Crippen molar-refractivity contribution in [1.29, 1.82) is 0 Å². The summed E-state index contributed by atoms with van der Waals surface area (Å²) in [4.78, 5) is 12.3. The van der Waals surface area contributed by atoms with Crippen LogP contribution in [0.2, 0.25) is 0 Å². The third-order valence-electron chi connectivity index (χ3n) is 2.88. The highest BCUT2D eigenvalue weighted by Crippen LogP contribution is 2.23. The second-order valence-corrected chi connectivity index (χ2v) is 6.49. The Bertz CT molecular complexity index is 612. The highest BCUT2D eigenvalue weighted by molar-refractivity contribution is 9.11. The second kappa shape index (κ2) is 6.02. The number of Topliss-reactive ketones (excluding diaryl/α,β-unsaturated/α-hetero) is 1. The summed E-state index contributed by atoms with van der Waals surface area (Å²) in [5.74, 6) is 0.129. The van der Waals surface area contributed by atoms with E-state index >= 15 is 0 Å². The number of ketones is 1. The largest absolute Gasteiger partial charge is 0.294 e. The van der Waals surface area contributed by atoms with Crippen molar-refractivity contribution in [3.05, 3.63) is 67.6 Å². The van der Waals surface area contributed by atoms with Crippen molar-refractivity contribution in [1.82, 2.24) is 0 Å². The van der Waals surface area contributed by atoms with Crippen molar-refractivity contribution >= 4 is 37.6 Å². The Kier molecular flexibility index (Phi) is 4.58. The Hall–Kier alpha value is -0.930. The molecule has 0 fully saturated rings. The summed E-state index contributed by atoms with van der Waals surface area (Å²) in [5.41, 5.74) is 4.18. The van der Waals surface area contributed by atoms with Crippen LogP contribution < -0.4 is 0 Å². The van der Waals surface area contributed by atoms with E-state index in [1.54, 1.807) is 0 Å². The van der Waals surface area contributed by atoms with Crippen molar-refractivity contribution in [3.63, 3.8) is 0 Å². The lowest BCUT2D eigenvalue weighted by atomic mass is 10.00. The molecule has 0 aliphatic rings. The Morgan fingerprint density at radius 3 is 2.21 bits per heavy atom. The molecule has 3 heteroatoms. The van der Waals surface area contributed by atoms with Crippen LogP contribution >= 0.6 is 31.9 Å². The fraction of sp³-hybridized carbons (Fsp3) is 0.188. The van der Waals surface area contributed by atoms with E-state index in [9.17, 15) is 4.79 Å². The van der Waals surface area contributed by atoms with E-state index in [2.05, 4.69) is 63.9 Å². The summed E-state index contributed by atoms with van der Waals surface area (Å²) in [6, 6.07) is 11.9. The van der Waals surface area contributed by atoms with Gasteiger partial charge >= 0.3 is 0 Å². The van der Waals surface area contributed by atoms with E-state index in [0.717, 1.165) is 20.1 Å². The Labute approximate surface area is 130 Å². The Morgan fingerprint density at radius 1 is 1.00 bits per heavy atom. The third kappa shape index (κ3) is 3.77. The maximum absolute atomic E-state index is 12.3. The summed E-state index contributed by atoms with van der Waals surface area (Å²) in [6.45, 7) is 4.10. The van der Waals surface area contributed by atoms with Gasteiger partial charge in [-0.1, -0.05) is 61.2 Å². The molecule has 0 N–H and O–H groups in total. The zero-order valence-corrected chi connectivity index (χ0v) is 14.0. The summed E-state index contributed by atoms with van der Waals surface area (Å²) in [5, 5.41) is 0. The van der Waals surface area contributed by atoms with Gasteiger partial charge < -0.3 is 0 Å². The molecule has 0 saturated heterocycles. The smallest absolute Gasteiger partial charge is 0.168 e. The number of hydrogen-bond donors (Lipinski definition) is 0. The molecule has 0 amide bonds. The molecule has 1 nitrogen and oxygen atoms in total. The van der Waals surface area contributed by atoms with E-state index in [-0.39, 0.29) is 5.78 Å². The van der Waals surface area contributed by atoms with Crippen molar-refractivity contribution in [2.45, 2.75) is 20.3 Å². The van der Waals surface area contributed by atoms with Gasteiger partial charge in [0.05, 0.1) is 0 Å². The van der Waals surface area contributed by atoms with Crippen LogP contribution in [0, 0.1) is 13.8 Å². The molecule has 0 saturated carbocycles. The van der Waals surface area contributed by atoms with Crippen molar-refractivity contribution in [2.75, 3.05) is 0 Å². The molecule has 2 aromatic carbocycles. The summed E-state index contributed by atoms with van der Waals surface area (Å²) in [7, 11) is 0. The quantitative estimate of drug-likeness (QED) is 0.663. The molecule has 0 aliphatic heterocycles. The normalized spacial score (nSPS) is 10.5. The van der Waals surface area contributed by atoms with Gasteiger partial charge in [0, 0.05) is 20.9 Å². The molecule has 98 valence electrons. The standard InChI is InChI=1S/C16H14Br2O/c1-10-5-11(2)7-12(6-10)8-16(19)14-4-3-13(17)9-15(14)18/h3-7,9H,8H2,1-2H3. The Balaban J connectivity index is 2.25. The lowest BCUT2D eigenvalue weighted by Crippen LogP contribution is -2.05. The maximum Gasteiger partial charge on any atom is 0.168 e. The van der Waals surface area contributed by atoms with Crippen LogP contribution in [0.4, 0.5) is 0 Å². The first-order valence-corrected chi connectivity index (χ1v) is 7.60. The van der Waals surface area contributed by atoms with E-state index in [1.165, 1.54) is 11.1 Å². The van der Waals surface area contributed by atoms with Crippen LogP contribution in [0.5, 0.6) is 0 Å². The third-order valence-corrected chi connectivity index (χ3v) is 4.03. The summed E-state index contributed by atoms with van der Waals surface area (Å²) in [6.07, 6.45) is 0.433. The van der Waals surface area contributed by atoms with Crippen LogP contribution in [0.25, 0.3) is 0 Å². The van der Waals surface area contributed by atoms with Crippen LogP contribution in [0.1, 0.15) is 27.0 Å². The van der Waals surface area contributed by atoms with Gasteiger partial charge in [0.15, 0.2) is 5.78 Å². The molecule has 2 rings (SSSR count). The highest BCUT2D eigenvalue weighted by Gasteiger charge is 2.11. The van der Waals surface area contributed by atoms with Crippen LogP contribution in [-0.2, 0) is 6.42 Å². The zero-order valence-electron chi connectivity index (χ0n) is 10.8. The van der Waals surface area contributed by atoms with Crippen LogP contribution in [-0.4, -0.2) is 5.78 Å². The molecule has 2 aromatic rings. The van der Waals surface area contributed by atoms with Gasteiger partial charge in [-0.05, 0) is 37.6 Å². The number of carbonyl (C=O) groups is 1. The Morgan fingerprint density at radius 2 is 1.63 bits per heavy atom. The van der Waals surface area contributed by atoms with Crippen molar-refractivity contribution in [2.24, 2.45) is 0 Å². The van der Waals surface area contributed by atoms with Gasteiger partial charge in [0.2, 0.25) is 0 Å². The van der Waals surface area contributed by atoms with E-state index in [1.807, 2.05) is 18.2 Å². The monoisotopic (exact) mass is 380 g/mol. The molecule has 0 aromatic heterocycles. The molecule has 19 heavy (non-hydrogen) atoms. The SMILES string of the molecule is Cc1cc(C)cc(CC(=O)c2ccc(Br)cc2Br)c1.